The van der Waals surface area contributed by atoms with Crippen molar-refractivity contribution in [3.63, 3.8) is 0 Å². The van der Waals surface area contributed by atoms with Gasteiger partial charge in [-0.2, -0.15) is 0 Å². The van der Waals surface area contributed by atoms with Crippen LogP contribution in [0.2, 0.25) is 0 Å². The van der Waals surface area contributed by atoms with Crippen molar-refractivity contribution >= 4 is 26.9 Å². The minimum Gasteiger partial charge on any atom is -0.467 e. The van der Waals surface area contributed by atoms with Crippen molar-refractivity contribution in [2.45, 2.75) is 23.3 Å². The number of rotatable bonds is 1. The Kier molecular flexibility index (Phi) is 4.11. The third-order valence-corrected chi connectivity index (χ3v) is 6.80. The van der Waals surface area contributed by atoms with E-state index in [2.05, 4.69) is 9.71 Å². The molecule has 1 atom stereocenters. The highest BCUT2D eigenvalue weighted by Gasteiger charge is 2.44. The number of sulfonamides is 1. The molecule has 1 aromatic carbocycles. The van der Waals surface area contributed by atoms with Gasteiger partial charge in [0.25, 0.3) is 5.91 Å². The zero-order valence-corrected chi connectivity index (χ0v) is 16.3. The Labute approximate surface area is 167 Å². The summed E-state index contributed by atoms with van der Waals surface area (Å²) >= 11 is 0. The molecule has 0 bridgehead atoms. The molecule has 3 aromatic rings. The maximum absolute atomic E-state index is 13.1. The summed E-state index contributed by atoms with van der Waals surface area (Å²) in [5.41, 5.74) is -0.230. The number of hydrogen-bond acceptors (Lipinski definition) is 6. The van der Waals surface area contributed by atoms with E-state index in [1.165, 1.54) is 12.3 Å². The van der Waals surface area contributed by atoms with E-state index in [-0.39, 0.29) is 35.5 Å². The Morgan fingerprint density at radius 3 is 2.93 bits per heavy atom. The molecule has 1 saturated heterocycles. The number of aromatic nitrogens is 1. The number of nitrogens with one attached hydrogen (secondary N) is 1. The van der Waals surface area contributed by atoms with Crippen LogP contribution in [0.5, 0.6) is 5.88 Å². The maximum atomic E-state index is 13.1. The summed E-state index contributed by atoms with van der Waals surface area (Å²) in [5.74, 6) is 0.0868. The molecular weight excluding hydrogens is 394 g/mol. The molecule has 1 spiro atoms. The number of carbonyl (C=O) groups excluding carboxylic acids is 1. The molecule has 1 unspecified atom stereocenters. The molecule has 0 aliphatic carbocycles. The van der Waals surface area contributed by atoms with Crippen molar-refractivity contribution < 1.29 is 22.4 Å². The fraction of sp³-hybridized carbons (Fsp3) is 0.300. The van der Waals surface area contributed by atoms with Gasteiger partial charge in [-0.05, 0) is 37.1 Å². The Morgan fingerprint density at radius 2 is 2.07 bits per heavy atom. The van der Waals surface area contributed by atoms with Gasteiger partial charge in [0.15, 0.2) is 5.76 Å². The van der Waals surface area contributed by atoms with E-state index in [0.29, 0.717) is 25.0 Å². The van der Waals surface area contributed by atoms with Gasteiger partial charge in [0.05, 0.1) is 13.1 Å². The second kappa shape index (κ2) is 6.57. The standard InChI is InChI=1S/C20H19N3O5S/c24-19(16-11-14-5-1-2-6-15(14)27-16)23-10-4-8-20(13-23)12-22-29(25,26)17-7-3-9-21-18(17)28-20/h1-3,5-7,9,11,22H,4,8,10,12-13H2. The molecule has 4 heterocycles. The van der Waals surface area contributed by atoms with Crippen LogP contribution < -0.4 is 9.46 Å². The zero-order chi connectivity index (χ0) is 20.1. The topological polar surface area (TPSA) is 102 Å². The molecule has 29 heavy (non-hydrogen) atoms. The van der Waals surface area contributed by atoms with E-state index in [1.54, 1.807) is 17.0 Å². The SMILES string of the molecule is O=C(c1cc2ccccc2o1)N1CCCC2(CNS(=O)(=O)c3cccnc3O2)C1. The first kappa shape index (κ1) is 18.1. The van der Waals surface area contributed by atoms with Crippen LogP contribution in [0.4, 0.5) is 0 Å². The fourth-order valence-corrected chi connectivity index (χ4v) is 5.14. The summed E-state index contributed by atoms with van der Waals surface area (Å²) in [7, 11) is -3.72. The maximum Gasteiger partial charge on any atom is 0.289 e. The first-order valence-electron chi connectivity index (χ1n) is 9.37. The number of piperidine rings is 1. The Balaban J connectivity index is 1.45. The number of furan rings is 1. The third-order valence-electron chi connectivity index (χ3n) is 5.39. The van der Waals surface area contributed by atoms with Crippen LogP contribution in [0.3, 0.4) is 0 Å². The molecule has 2 aliphatic rings. The van der Waals surface area contributed by atoms with E-state index in [0.717, 1.165) is 5.39 Å². The van der Waals surface area contributed by atoms with Crippen molar-refractivity contribution in [2.75, 3.05) is 19.6 Å². The molecule has 2 aliphatic heterocycles. The lowest BCUT2D eigenvalue weighted by Gasteiger charge is -2.41. The third kappa shape index (κ3) is 3.16. The highest BCUT2D eigenvalue weighted by atomic mass is 32.2. The van der Waals surface area contributed by atoms with Gasteiger partial charge in [-0.15, -0.1) is 0 Å². The lowest BCUT2D eigenvalue weighted by atomic mass is 9.92. The predicted molar refractivity (Wildman–Crippen MR) is 104 cm³/mol. The highest BCUT2D eigenvalue weighted by molar-refractivity contribution is 7.89. The van der Waals surface area contributed by atoms with Crippen LogP contribution in [0.25, 0.3) is 11.0 Å². The smallest absolute Gasteiger partial charge is 0.289 e. The molecule has 0 radical (unpaired) electrons. The normalized spacial score (nSPS) is 23.4. The molecule has 2 aromatic heterocycles. The largest absolute Gasteiger partial charge is 0.467 e. The van der Waals surface area contributed by atoms with E-state index >= 15 is 0 Å². The van der Waals surface area contributed by atoms with Gasteiger partial charge in [0.1, 0.15) is 16.1 Å². The van der Waals surface area contributed by atoms with Crippen molar-refractivity contribution in [3.8, 4) is 5.88 Å². The number of hydrogen-bond donors (Lipinski definition) is 1. The molecule has 1 fully saturated rings. The molecule has 1 N–H and O–H groups in total. The van der Waals surface area contributed by atoms with Gasteiger partial charge >= 0.3 is 0 Å². The van der Waals surface area contributed by atoms with Gasteiger partial charge < -0.3 is 14.1 Å². The lowest BCUT2D eigenvalue weighted by Crippen LogP contribution is -2.57. The van der Waals surface area contributed by atoms with Gasteiger partial charge in [-0.3, -0.25) is 4.79 Å². The minimum absolute atomic E-state index is 0.0117. The first-order valence-corrected chi connectivity index (χ1v) is 10.9. The van der Waals surface area contributed by atoms with Crippen LogP contribution in [0.1, 0.15) is 23.4 Å². The van der Waals surface area contributed by atoms with E-state index in [1.807, 2.05) is 24.3 Å². The number of fused-ring (bicyclic) bond motifs is 2. The zero-order valence-electron chi connectivity index (χ0n) is 15.5. The van der Waals surface area contributed by atoms with Gasteiger partial charge in [0, 0.05) is 18.1 Å². The first-order chi connectivity index (χ1) is 14.0. The monoisotopic (exact) mass is 413 g/mol. The second-order valence-corrected chi connectivity index (χ2v) is 9.13. The second-order valence-electron chi connectivity index (χ2n) is 7.40. The van der Waals surface area contributed by atoms with E-state index in [4.69, 9.17) is 9.15 Å². The number of amides is 1. The number of benzene rings is 1. The number of carbonyl (C=O) groups is 1. The predicted octanol–water partition coefficient (Wildman–Crippen LogP) is 2.17. The van der Waals surface area contributed by atoms with Crippen molar-refractivity contribution in [1.82, 2.24) is 14.6 Å². The van der Waals surface area contributed by atoms with Crippen molar-refractivity contribution in [1.29, 1.82) is 0 Å². The summed E-state index contributed by atoms with van der Waals surface area (Å²) < 4.78 is 39.5. The van der Waals surface area contributed by atoms with Crippen LogP contribution >= 0.6 is 0 Å². The number of pyridine rings is 1. The molecule has 9 heteroatoms. The quantitative estimate of drug-likeness (QED) is 0.656. The number of para-hydroxylation sites is 1. The molecule has 0 saturated carbocycles. The van der Waals surface area contributed by atoms with E-state index in [9.17, 15) is 13.2 Å². The van der Waals surface area contributed by atoms with Crippen molar-refractivity contribution in [3.05, 3.63) is 54.4 Å². The minimum atomic E-state index is -3.72. The van der Waals surface area contributed by atoms with Crippen LogP contribution in [0.15, 0.2) is 58.0 Å². The molecule has 8 nitrogen and oxygen atoms in total. The van der Waals surface area contributed by atoms with Crippen LogP contribution in [-0.2, 0) is 10.0 Å². The molecule has 1 amide bonds. The number of likely N-dealkylation sites (tertiary alicyclic amines) is 1. The Morgan fingerprint density at radius 1 is 1.21 bits per heavy atom. The average Bonchev–Trinajstić information content (AvgIpc) is 3.12. The lowest BCUT2D eigenvalue weighted by molar-refractivity contribution is -0.00499. The van der Waals surface area contributed by atoms with Gasteiger partial charge in [-0.25, -0.2) is 18.1 Å². The summed E-state index contributed by atoms with van der Waals surface area (Å²) in [6.45, 7) is 0.847. The summed E-state index contributed by atoms with van der Waals surface area (Å²) in [6, 6.07) is 12.2. The highest BCUT2D eigenvalue weighted by Crippen LogP contribution is 2.33. The average molecular weight is 413 g/mol. The molecule has 5 rings (SSSR count). The summed E-state index contributed by atoms with van der Waals surface area (Å²) in [6.07, 6.45) is 2.78. The van der Waals surface area contributed by atoms with Crippen molar-refractivity contribution in [2.24, 2.45) is 0 Å². The van der Waals surface area contributed by atoms with Crippen LogP contribution in [-0.4, -0.2) is 49.4 Å². The Bertz CT molecular complexity index is 1170. The number of nitrogens with zero attached hydrogens (tertiary/aromatic N) is 2. The van der Waals surface area contributed by atoms with Crippen LogP contribution in [0, 0.1) is 0 Å². The van der Waals surface area contributed by atoms with Gasteiger partial charge in [-0.1, -0.05) is 18.2 Å². The van der Waals surface area contributed by atoms with Gasteiger partial charge in [0.2, 0.25) is 15.9 Å². The number of ether oxygens (including phenoxy) is 1. The molecular formula is C20H19N3O5S. The Hall–Kier alpha value is -2.91. The summed E-state index contributed by atoms with van der Waals surface area (Å²) in [4.78, 5) is 18.9. The summed E-state index contributed by atoms with van der Waals surface area (Å²) in [5, 5.41) is 0.860. The van der Waals surface area contributed by atoms with E-state index < -0.39 is 15.6 Å². The molecule has 150 valence electrons. The fourth-order valence-electron chi connectivity index (χ4n) is 3.94.